The van der Waals surface area contributed by atoms with Crippen LogP contribution >= 0.6 is 0 Å². The lowest BCUT2D eigenvalue weighted by molar-refractivity contribution is -0.272. The Balaban J connectivity index is 3.26. The van der Waals surface area contributed by atoms with Gasteiger partial charge in [-0.25, -0.2) is 0 Å². The SMILES string of the molecule is COC(CN)(c1ccc(O)cc1)C(F)(F)F. The second kappa shape index (κ2) is 4.31. The molecule has 0 aliphatic rings. The lowest BCUT2D eigenvalue weighted by Crippen LogP contribution is -2.49. The number of halogens is 3. The maximum Gasteiger partial charge on any atom is 0.422 e. The van der Waals surface area contributed by atoms with Crippen LogP contribution in [0.1, 0.15) is 5.56 Å². The van der Waals surface area contributed by atoms with Crippen LogP contribution in [-0.4, -0.2) is 24.9 Å². The summed E-state index contributed by atoms with van der Waals surface area (Å²) >= 11 is 0. The summed E-state index contributed by atoms with van der Waals surface area (Å²) in [5.74, 6) is -0.118. The number of nitrogens with two attached hydrogens (primary N) is 1. The molecule has 0 aliphatic carbocycles. The van der Waals surface area contributed by atoms with Crippen molar-refractivity contribution < 1.29 is 23.0 Å². The van der Waals surface area contributed by atoms with E-state index in [0.29, 0.717) is 0 Å². The van der Waals surface area contributed by atoms with Crippen LogP contribution in [0.2, 0.25) is 0 Å². The summed E-state index contributed by atoms with van der Waals surface area (Å²) in [6, 6.07) is 4.59. The summed E-state index contributed by atoms with van der Waals surface area (Å²) in [6.07, 6.45) is -4.62. The summed E-state index contributed by atoms with van der Waals surface area (Å²) in [5.41, 5.74) is 2.50. The predicted octanol–water partition coefficient (Wildman–Crippen LogP) is 1.75. The zero-order chi connectivity index (χ0) is 12.4. The smallest absolute Gasteiger partial charge is 0.422 e. The van der Waals surface area contributed by atoms with Crippen LogP contribution in [0.25, 0.3) is 0 Å². The van der Waals surface area contributed by atoms with Crippen LogP contribution in [0.3, 0.4) is 0 Å². The molecular weight excluding hydrogens is 223 g/mol. The van der Waals surface area contributed by atoms with E-state index in [1.54, 1.807) is 0 Å². The van der Waals surface area contributed by atoms with Crippen LogP contribution in [0.4, 0.5) is 13.2 Å². The molecule has 0 heterocycles. The molecule has 0 amide bonds. The number of phenolic OH excluding ortho intramolecular Hbond substituents is 1. The van der Waals surface area contributed by atoms with Crippen molar-refractivity contribution in [2.75, 3.05) is 13.7 Å². The minimum absolute atomic E-state index is 0.118. The number of methoxy groups -OCH3 is 1. The summed E-state index contributed by atoms with van der Waals surface area (Å²) in [5, 5.41) is 9.02. The molecule has 1 rings (SSSR count). The van der Waals surface area contributed by atoms with Crippen molar-refractivity contribution in [3.05, 3.63) is 29.8 Å². The third kappa shape index (κ3) is 1.98. The predicted molar refractivity (Wildman–Crippen MR) is 51.9 cm³/mol. The monoisotopic (exact) mass is 235 g/mol. The maximum absolute atomic E-state index is 12.9. The highest BCUT2D eigenvalue weighted by Gasteiger charge is 2.55. The molecule has 3 N–H and O–H groups in total. The fourth-order valence-corrected chi connectivity index (χ4v) is 1.44. The molecule has 0 fully saturated rings. The Hall–Kier alpha value is -1.27. The van der Waals surface area contributed by atoms with Gasteiger partial charge >= 0.3 is 6.18 Å². The molecule has 1 aromatic rings. The van der Waals surface area contributed by atoms with Gasteiger partial charge < -0.3 is 15.6 Å². The van der Waals surface area contributed by atoms with E-state index in [4.69, 9.17) is 10.8 Å². The van der Waals surface area contributed by atoms with Gasteiger partial charge in [-0.2, -0.15) is 13.2 Å². The highest BCUT2D eigenvalue weighted by Crippen LogP contribution is 2.41. The number of ether oxygens (including phenoxy) is 1. The largest absolute Gasteiger partial charge is 0.508 e. The van der Waals surface area contributed by atoms with E-state index in [9.17, 15) is 13.2 Å². The van der Waals surface area contributed by atoms with E-state index >= 15 is 0 Å². The highest BCUT2D eigenvalue weighted by molar-refractivity contribution is 5.31. The first-order chi connectivity index (χ1) is 7.37. The third-order valence-corrected chi connectivity index (χ3v) is 2.43. The van der Waals surface area contributed by atoms with Gasteiger partial charge in [-0.1, -0.05) is 12.1 Å². The summed E-state index contributed by atoms with van der Waals surface area (Å²) < 4.78 is 43.2. The van der Waals surface area contributed by atoms with Crippen LogP contribution in [0.5, 0.6) is 5.75 Å². The Morgan fingerprint density at radius 1 is 1.25 bits per heavy atom. The van der Waals surface area contributed by atoms with E-state index in [0.717, 1.165) is 31.4 Å². The standard InChI is InChI=1S/C10H12F3NO2/c1-16-9(6-14,10(11,12)13)7-2-4-8(15)5-3-7/h2-5,15H,6,14H2,1H3. The van der Waals surface area contributed by atoms with Gasteiger partial charge in [-0.05, 0) is 17.7 Å². The van der Waals surface area contributed by atoms with Crippen molar-refractivity contribution in [2.24, 2.45) is 5.73 Å². The number of phenols is 1. The molecule has 0 radical (unpaired) electrons. The lowest BCUT2D eigenvalue weighted by Gasteiger charge is -2.33. The molecular formula is C10H12F3NO2. The van der Waals surface area contributed by atoms with Gasteiger partial charge in [0.1, 0.15) is 5.75 Å². The molecule has 0 aliphatic heterocycles. The fourth-order valence-electron chi connectivity index (χ4n) is 1.44. The van der Waals surface area contributed by atoms with Crippen molar-refractivity contribution in [2.45, 2.75) is 11.8 Å². The van der Waals surface area contributed by atoms with Gasteiger partial charge in [0.2, 0.25) is 5.60 Å². The first kappa shape index (κ1) is 12.8. The molecule has 3 nitrogen and oxygen atoms in total. The minimum atomic E-state index is -4.62. The quantitative estimate of drug-likeness (QED) is 0.839. The number of hydrogen-bond donors (Lipinski definition) is 2. The van der Waals surface area contributed by atoms with Crippen molar-refractivity contribution in [1.82, 2.24) is 0 Å². The number of rotatable bonds is 3. The molecule has 0 saturated carbocycles. The van der Waals surface area contributed by atoms with Crippen molar-refractivity contribution in [3.63, 3.8) is 0 Å². The molecule has 0 saturated heterocycles. The molecule has 6 heteroatoms. The van der Waals surface area contributed by atoms with E-state index in [1.807, 2.05) is 0 Å². The normalized spacial score (nSPS) is 15.8. The second-order valence-corrected chi connectivity index (χ2v) is 3.28. The second-order valence-electron chi connectivity index (χ2n) is 3.28. The number of aromatic hydroxyl groups is 1. The molecule has 90 valence electrons. The van der Waals surface area contributed by atoms with Gasteiger partial charge in [0.25, 0.3) is 0 Å². The van der Waals surface area contributed by atoms with Crippen LogP contribution in [0, 0.1) is 0 Å². The molecule has 1 atom stereocenters. The molecule has 1 aromatic carbocycles. The summed E-state index contributed by atoms with van der Waals surface area (Å²) in [6.45, 7) is -0.724. The number of benzene rings is 1. The molecule has 1 unspecified atom stereocenters. The topological polar surface area (TPSA) is 55.5 Å². The first-order valence-electron chi connectivity index (χ1n) is 4.49. The van der Waals surface area contributed by atoms with Crippen LogP contribution < -0.4 is 5.73 Å². The summed E-state index contributed by atoms with van der Waals surface area (Å²) in [4.78, 5) is 0. The summed E-state index contributed by atoms with van der Waals surface area (Å²) in [7, 11) is 0.952. The Labute approximate surface area is 90.6 Å². The molecule has 0 spiro atoms. The lowest BCUT2D eigenvalue weighted by atomic mass is 9.93. The molecule has 16 heavy (non-hydrogen) atoms. The molecule has 0 aromatic heterocycles. The van der Waals surface area contributed by atoms with Gasteiger partial charge in [0, 0.05) is 13.7 Å². The Morgan fingerprint density at radius 2 is 1.75 bits per heavy atom. The zero-order valence-electron chi connectivity index (χ0n) is 8.58. The van der Waals surface area contributed by atoms with Gasteiger partial charge in [-0.3, -0.25) is 0 Å². The molecule has 0 bridgehead atoms. The zero-order valence-corrected chi connectivity index (χ0v) is 8.58. The number of alkyl halides is 3. The van der Waals surface area contributed by atoms with Gasteiger partial charge in [0.15, 0.2) is 0 Å². The van der Waals surface area contributed by atoms with Crippen molar-refractivity contribution >= 4 is 0 Å². The van der Waals surface area contributed by atoms with E-state index in [-0.39, 0.29) is 11.3 Å². The van der Waals surface area contributed by atoms with E-state index in [2.05, 4.69) is 4.74 Å². The Bertz CT molecular complexity index is 344. The average molecular weight is 235 g/mol. The van der Waals surface area contributed by atoms with Crippen LogP contribution in [0.15, 0.2) is 24.3 Å². The first-order valence-corrected chi connectivity index (χ1v) is 4.49. The van der Waals surface area contributed by atoms with Gasteiger partial charge in [-0.15, -0.1) is 0 Å². The van der Waals surface area contributed by atoms with Crippen molar-refractivity contribution in [3.8, 4) is 5.75 Å². The Kier molecular flexibility index (Phi) is 3.44. The van der Waals surface area contributed by atoms with Crippen molar-refractivity contribution in [1.29, 1.82) is 0 Å². The van der Waals surface area contributed by atoms with E-state index in [1.165, 1.54) is 0 Å². The highest BCUT2D eigenvalue weighted by atomic mass is 19.4. The number of hydrogen-bond acceptors (Lipinski definition) is 3. The maximum atomic E-state index is 12.9. The fraction of sp³-hybridized carbons (Fsp3) is 0.400. The Morgan fingerprint density at radius 3 is 2.06 bits per heavy atom. The van der Waals surface area contributed by atoms with E-state index < -0.39 is 18.3 Å². The average Bonchev–Trinajstić information content (AvgIpc) is 2.21. The van der Waals surface area contributed by atoms with Crippen LogP contribution in [-0.2, 0) is 10.3 Å². The van der Waals surface area contributed by atoms with Gasteiger partial charge in [0.05, 0.1) is 0 Å². The third-order valence-electron chi connectivity index (χ3n) is 2.43. The minimum Gasteiger partial charge on any atom is -0.508 e.